The van der Waals surface area contributed by atoms with Gasteiger partial charge in [-0.05, 0) is 60.0 Å². The predicted octanol–water partition coefficient (Wildman–Crippen LogP) is 6.23. The first-order valence-corrected chi connectivity index (χ1v) is 10.0. The molecule has 0 N–H and O–H groups in total. The summed E-state index contributed by atoms with van der Waals surface area (Å²) < 4.78 is 11.2. The first-order valence-electron chi connectivity index (χ1n) is 9.25. The Hall–Kier alpha value is -3.08. The molecule has 0 atom stereocenters. The van der Waals surface area contributed by atoms with Crippen molar-refractivity contribution in [2.75, 3.05) is 0 Å². The van der Waals surface area contributed by atoms with Crippen LogP contribution in [0.1, 0.15) is 22.3 Å². The van der Waals surface area contributed by atoms with Gasteiger partial charge in [0.05, 0.1) is 10.0 Å². The molecule has 30 heavy (non-hydrogen) atoms. The van der Waals surface area contributed by atoms with Gasteiger partial charge in [-0.25, -0.2) is 9.79 Å². The lowest BCUT2D eigenvalue weighted by Gasteiger charge is -2.09. The van der Waals surface area contributed by atoms with Gasteiger partial charge < -0.3 is 9.47 Å². The van der Waals surface area contributed by atoms with Crippen LogP contribution in [0, 0.1) is 6.92 Å². The molecule has 0 amide bonds. The molecule has 0 aromatic heterocycles. The van der Waals surface area contributed by atoms with E-state index >= 15 is 0 Å². The highest BCUT2D eigenvalue weighted by atomic mass is 35.5. The average molecular weight is 438 g/mol. The first kappa shape index (κ1) is 20.2. The summed E-state index contributed by atoms with van der Waals surface area (Å²) in [6, 6.07) is 20.5. The zero-order valence-electron chi connectivity index (χ0n) is 16.1. The fraction of sp³-hybridized carbons (Fsp3) is 0.0833. The lowest BCUT2D eigenvalue weighted by molar-refractivity contribution is -0.129. The SMILES string of the molecule is Cc1ccccc1COc1cccc(/C=C2\N=C(c3ccc(Cl)c(Cl)c3)OC2=O)c1. The molecule has 1 aliphatic heterocycles. The van der Waals surface area contributed by atoms with Crippen LogP contribution in [0.4, 0.5) is 0 Å². The van der Waals surface area contributed by atoms with Crippen molar-refractivity contribution in [3.63, 3.8) is 0 Å². The Kier molecular flexibility index (Phi) is 5.88. The highest BCUT2D eigenvalue weighted by molar-refractivity contribution is 6.42. The fourth-order valence-electron chi connectivity index (χ4n) is 2.95. The summed E-state index contributed by atoms with van der Waals surface area (Å²) in [6.07, 6.45) is 1.66. The van der Waals surface area contributed by atoms with Gasteiger partial charge in [0.1, 0.15) is 12.4 Å². The molecule has 0 spiro atoms. The standard InChI is InChI=1S/C24H17Cl2NO3/c1-15-5-2-3-7-18(15)14-29-19-8-4-6-16(11-19)12-22-24(28)30-23(27-22)17-9-10-20(25)21(26)13-17/h2-13H,14H2,1H3/b22-12-. The molecule has 4 rings (SSSR count). The molecular formula is C24H17Cl2NO3. The van der Waals surface area contributed by atoms with Crippen molar-refractivity contribution in [1.82, 2.24) is 0 Å². The van der Waals surface area contributed by atoms with Crippen LogP contribution in [0.25, 0.3) is 6.08 Å². The van der Waals surface area contributed by atoms with E-state index < -0.39 is 5.97 Å². The van der Waals surface area contributed by atoms with Crippen molar-refractivity contribution in [1.29, 1.82) is 0 Å². The third-order valence-electron chi connectivity index (χ3n) is 4.60. The number of carbonyl (C=O) groups is 1. The lowest BCUT2D eigenvalue weighted by Crippen LogP contribution is -2.05. The molecular weight excluding hydrogens is 421 g/mol. The van der Waals surface area contributed by atoms with Crippen LogP contribution >= 0.6 is 23.2 Å². The smallest absolute Gasteiger partial charge is 0.363 e. The fourth-order valence-corrected chi connectivity index (χ4v) is 3.24. The van der Waals surface area contributed by atoms with Crippen molar-refractivity contribution in [2.45, 2.75) is 13.5 Å². The number of rotatable bonds is 5. The van der Waals surface area contributed by atoms with E-state index in [1.165, 1.54) is 5.56 Å². The minimum Gasteiger partial charge on any atom is -0.489 e. The lowest BCUT2D eigenvalue weighted by atomic mass is 10.1. The van der Waals surface area contributed by atoms with Crippen LogP contribution in [0.2, 0.25) is 10.0 Å². The van der Waals surface area contributed by atoms with Gasteiger partial charge in [0.25, 0.3) is 0 Å². The molecule has 0 bridgehead atoms. The molecule has 0 aliphatic carbocycles. The third kappa shape index (κ3) is 4.56. The largest absolute Gasteiger partial charge is 0.489 e. The van der Waals surface area contributed by atoms with Crippen molar-refractivity contribution >= 4 is 41.1 Å². The van der Waals surface area contributed by atoms with E-state index in [9.17, 15) is 4.79 Å². The second-order valence-corrected chi connectivity index (χ2v) is 7.57. The van der Waals surface area contributed by atoms with Gasteiger partial charge in [-0.1, -0.05) is 59.6 Å². The van der Waals surface area contributed by atoms with Crippen LogP contribution in [0.5, 0.6) is 5.75 Å². The molecule has 150 valence electrons. The molecule has 0 saturated heterocycles. The summed E-state index contributed by atoms with van der Waals surface area (Å²) in [5.41, 5.74) is 3.86. The normalized spacial score (nSPS) is 14.6. The summed E-state index contributed by atoms with van der Waals surface area (Å²) in [5.74, 6) is 0.367. The number of hydrogen-bond acceptors (Lipinski definition) is 4. The number of halogens is 2. The minimum atomic E-state index is -0.526. The van der Waals surface area contributed by atoms with E-state index in [4.69, 9.17) is 32.7 Å². The first-order chi connectivity index (χ1) is 14.5. The van der Waals surface area contributed by atoms with Gasteiger partial charge >= 0.3 is 5.97 Å². The molecule has 0 fully saturated rings. The van der Waals surface area contributed by atoms with E-state index in [0.29, 0.717) is 28.0 Å². The van der Waals surface area contributed by atoms with Crippen LogP contribution in [-0.2, 0) is 16.1 Å². The summed E-state index contributed by atoms with van der Waals surface area (Å²) >= 11 is 12.0. The second-order valence-electron chi connectivity index (χ2n) is 6.75. The maximum Gasteiger partial charge on any atom is 0.363 e. The summed E-state index contributed by atoms with van der Waals surface area (Å²) in [4.78, 5) is 16.6. The number of aryl methyl sites for hydroxylation is 1. The quantitative estimate of drug-likeness (QED) is 0.351. The van der Waals surface area contributed by atoms with Gasteiger partial charge in [0, 0.05) is 5.56 Å². The van der Waals surface area contributed by atoms with E-state index in [1.54, 1.807) is 24.3 Å². The minimum absolute atomic E-state index is 0.191. The van der Waals surface area contributed by atoms with Gasteiger partial charge in [-0.15, -0.1) is 0 Å². The van der Waals surface area contributed by atoms with Crippen LogP contribution in [0.15, 0.2) is 77.4 Å². The molecule has 1 heterocycles. The monoisotopic (exact) mass is 437 g/mol. The van der Waals surface area contributed by atoms with Gasteiger partial charge in [0.15, 0.2) is 5.70 Å². The van der Waals surface area contributed by atoms with Gasteiger partial charge in [0.2, 0.25) is 5.90 Å². The number of aliphatic imine (C=N–C) groups is 1. The van der Waals surface area contributed by atoms with Crippen LogP contribution in [-0.4, -0.2) is 11.9 Å². The Labute approximate surface area is 184 Å². The number of ether oxygens (including phenoxy) is 2. The average Bonchev–Trinajstić information content (AvgIpc) is 3.10. The van der Waals surface area contributed by atoms with Crippen LogP contribution < -0.4 is 4.74 Å². The second kappa shape index (κ2) is 8.74. The van der Waals surface area contributed by atoms with Crippen molar-refractivity contribution in [2.24, 2.45) is 4.99 Å². The number of hydrogen-bond donors (Lipinski definition) is 0. The van der Waals surface area contributed by atoms with E-state index in [1.807, 2.05) is 42.5 Å². The number of carbonyl (C=O) groups excluding carboxylic acids is 1. The number of esters is 1. The van der Waals surface area contributed by atoms with Crippen molar-refractivity contribution < 1.29 is 14.3 Å². The zero-order valence-corrected chi connectivity index (χ0v) is 17.6. The molecule has 4 nitrogen and oxygen atoms in total. The zero-order chi connectivity index (χ0) is 21.1. The highest BCUT2D eigenvalue weighted by Crippen LogP contribution is 2.26. The molecule has 1 aliphatic rings. The molecule has 0 radical (unpaired) electrons. The van der Waals surface area contributed by atoms with Gasteiger partial charge in [-0.2, -0.15) is 0 Å². The predicted molar refractivity (Wildman–Crippen MR) is 119 cm³/mol. The molecule has 3 aromatic rings. The number of benzene rings is 3. The van der Waals surface area contributed by atoms with E-state index in [0.717, 1.165) is 11.1 Å². The maximum absolute atomic E-state index is 12.3. The molecule has 3 aromatic carbocycles. The number of cyclic esters (lactones) is 1. The Bertz CT molecular complexity index is 1180. The Balaban J connectivity index is 1.53. The topological polar surface area (TPSA) is 47.9 Å². The Morgan fingerprint density at radius 3 is 2.63 bits per heavy atom. The number of nitrogens with zero attached hydrogens (tertiary/aromatic N) is 1. The molecule has 0 saturated carbocycles. The summed E-state index contributed by atoms with van der Waals surface area (Å²) in [5, 5.41) is 0.785. The van der Waals surface area contributed by atoms with E-state index in [-0.39, 0.29) is 11.6 Å². The van der Waals surface area contributed by atoms with Crippen molar-refractivity contribution in [3.05, 3.63) is 105 Å². The summed E-state index contributed by atoms with van der Waals surface area (Å²) in [7, 11) is 0. The van der Waals surface area contributed by atoms with Crippen LogP contribution in [0.3, 0.4) is 0 Å². The molecule has 0 unspecified atom stereocenters. The highest BCUT2D eigenvalue weighted by Gasteiger charge is 2.24. The molecule has 6 heteroatoms. The summed E-state index contributed by atoms with van der Waals surface area (Å²) in [6.45, 7) is 2.52. The van der Waals surface area contributed by atoms with Crippen molar-refractivity contribution in [3.8, 4) is 5.75 Å². The van der Waals surface area contributed by atoms with E-state index in [2.05, 4.69) is 18.0 Å². The maximum atomic E-state index is 12.3. The Morgan fingerprint density at radius 2 is 1.83 bits per heavy atom. The van der Waals surface area contributed by atoms with Gasteiger partial charge in [-0.3, -0.25) is 0 Å². The third-order valence-corrected chi connectivity index (χ3v) is 5.34. The Morgan fingerprint density at radius 1 is 1.00 bits per heavy atom.